The Morgan fingerprint density at radius 3 is 1.86 bits per heavy atom. The zero-order valence-corrected chi connectivity index (χ0v) is 31.1. The normalized spacial score (nSPS) is 13.4. The summed E-state index contributed by atoms with van der Waals surface area (Å²) in [4.78, 5) is 23.3. The Balaban J connectivity index is 0.000000221. The number of benzene rings is 4. The molecule has 0 saturated heterocycles. The molecule has 4 aromatic carbocycles. The van der Waals surface area contributed by atoms with Gasteiger partial charge >= 0.3 is 11.9 Å². The van der Waals surface area contributed by atoms with E-state index >= 15 is 0 Å². The van der Waals surface area contributed by atoms with E-state index in [1.54, 1.807) is 98.8 Å². The highest BCUT2D eigenvalue weighted by molar-refractivity contribution is 9.10. The van der Waals surface area contributed by atoms with Crippen LogP contribution in [0.25, 0.3) is 5.57 Å². The summed E-state index contributed by atoms with van der Waals surface area (Å²) in [5, 5.41) is -0.875. The summed E-state index contributed by atoms with van der Waals surface area (Å²) in [6.07, 6.45) is 4.08. The standard InChI is InChI=1S/C18H16O4S.C13H11BrO2S.C7H12O3/c1-2-22-18(19)16-12-17(15-11-7-6-10-14(15)16)23(20,21)13-8-4-3-5-9-13;14-13-9-5-4-6-11(13)10-17(15,16)12-7-2-1-3-8-12;1-3-9-6-5-7(8)10-4-2/h3-12,17H,2H2,1H3;1-9H,10H2;5-6H,3-4H2,1-2H3/b;;6-5+. The van der Waals surface area contributed by atoms with Crippen LogP contribution in [0.1, 0.15) is 42.7 Å². The second kappa shape index (κ2) is 19.6. The summed E-state index contributed by atoms with van der Waals surface area (Å²) in [5.74, 6) is -0.847. The topological polar surface area (TPSA) is 130 Å². The maximum Gasteiger partial charge on any atom is 0.338 e. The molecule has 50 heavy (non-hydrogen) atoms. The van der Waals surface area contributed by atoms with Gasteiger partial charge in [-0.2, -0.15) is 0 Å². The minimum absolute atomic E-state index is 0.0123. The maximum atomic E-state index is 12.9. The quantitative estimate of drug-likeness (QED) is 0.0854. The van der Waals surface area contributed by atoms with E-state index in [4.69, 9.17) is 9.47 Å². The van der Waals surface area contributed by atoms with Crippen molar-refractivity contribution in [1.29, 1.82) is 0 Å². The second-order valence-corrected chi connectivity index (χ2v) is 15.3. The lowest BCUT2D eigenvalue weighted by atomic mass is 10.1. The number of hydrogen-bond acceptors (Lipinski definition) is 9. The minimum atomic E-state index is -3.62. The Morgan fingerprint density at radius 1 is 0.700 bits per heavy atom. The predicted octanol–water partition coefficient (Wildman–Crippen LogP) is 7.68. The molecule has 0 aliphatic heterocycles. The third kappa shape index (κ3) is 11.3. The van der Waals surface area contributed by atoms with Gasteiger partial charge in [-0.3, -0.25) is 0 Å². The number of sulfone groups is 2. The van der Waals surface area contributed by atoms with Crippen molar-refractivity contribution in [3.05, 3.63) is 149 Å². The first kappa shape index (κ1) is 39.9. The van der Waals surface area contributed by atoms with E-state index in [1.165, 1.54) is 18.4 Å². The molecule has 0 heterocycles. The number of ether oxygens (including phenoxy) is 3. The molecule has 264 valence electrons. The number of carbonyl (C=O) groups is 2. The second-order valence-electron chi connectivity index (χ2n) is 10.3. The Bertz CT molecular complexity index is 1990. The van der Waals surface area contributed by atoms with Crippen molar-refractivity contribution in [1.82, 2.24) is 0 Å². The monoisotopic (exact) mass is 782 g/mol. The molecular formula is C38H39BrO9S2. The smallest absolute Gasteiger partial charge is 0.338 e. The number of esters is 2. The molecule has 0 saturated carbocycles. The number of rotatable bonds is 11. The molecule has 0 fully saturated rings. The van der Waals surface area contributed by atoms with E-state index < -0.39 is 30.9 Å². The van der Waals surface area contributed by atoms with E-state index in [2.05, 4.69) is 20.7 Å². The number of halogens is 1. The third-order valence-corrected chi connectivity index (χ3v) is 11.4. The van der Waals surface area contributed by atoms with E-state index in [-0.39, 0.29) is 23.2 Å². The van der Waals surface area contributed by atoms with Gasteiger partial charge in [-0.25, -0.2) is 26.4 Å². The maximum absolute atomic E-state index is 12.9. The first-order chi connectivity index (χ1) is 24.0. The average molecular weight is 784 g/mol. The third-order valence-electron chi connectivity index (χ3n) is 6.94. The largest absolute Gasteiger partial charge is 0.501 e. The van der Waals surface area contributed by atoms with Crippen molar-refractivity contribution in [3.63, 3.8) is 0 Å². The van der Waals surface area contributed by atoms with Gasteiger partial charge in [0, 0.05) is 4.47 Å². The van der Waals surface area contributed by atoms with Crippen molar-refractivity contribution in [2.24, 2.45) is 0 Å². The molecule has 0 amide bonds. The van der Waals surface area contributed by atoms with Crippen molar-refractivity contribution < 1.29 is 40.6 Å². The van der Waals surface area contributed by atoms with Gasteiger partial charge in [-0.1, -0.05) is 94.8 Å². The van der Waals surface area contributed by atoms with Gasteiger partial charge in [0.1, 0.15) is 5.25 Å². The fourth-order valence-corrected chi connectivity index (χ4v) is 8.34. The van der Waals surface area contributed by atoms with Crippen LogP contribution in [0.3, 0.4) is 0 Å². The number of carbonyl (C=O) groups excluding carboxylic acids is 2. The number of fused-ring (bicyclic) bond motifs is 1. The van der Waals surface area contributed by atoms with Crippen molar-refractivity contribution in [2.75, 3.05) is 19.8 Å². The van der Waals surface area contributed by atoms with E-state index in [9.17, 15) is 26.4 Å². The summed E-state index contributed by atoms with van der Waals surface area (Å²) in [7, 11) is -6.88. The van der Waals surface area contributed by atoms with Crippen molar-refractivity contribution >= 4 is 53.1 Å². The van der Waals surface area contributed by atoms with Crippen LogP contribution in [0.15, 0.2) is 142 Å². The molecule has 5 rings (SSSR count). The molecule has 1 aliphatic carbocycles. The molecule has 0 spiro atoms. The van der Waals surface area contributed by atoms with Crippen molar-refractivity contribution in [3.8, 4) is 0 Å². The molecule has 0 N–H and O–H groups in total. The fourth-order valence-electron chi connectivity index (χ4n) is 4.64. The molecule has 9 nitrogen and oxygen atoms in total. The van der Waals surface area contributed by atoms with Gasteiger partial charge in [0.2, 0.25) is 0 Å². The first-order valence-corrected chi connectivity index (χ1v) is 19.7. The summed E-state index contributed by atoms with van der Waals surface area (Å²) >= 11 is 3.36. The summed E-state index contributed by atoms with van der Waals surface area (Å²) in [6.45, 7) is 6.53. The van der Waals surface area contributed by atoms with Gasteiger partial charge < -0.3 is 14.2 Å². The van der Waals surface area contributed by atoms with Crippen LogP contribution in [-0.4, -0.2) is 48.6 Å². The summed E-state index contributed by atoms with van der Waals surface area (Å²) < 4.78 is 65.3. The summed E-state index contributed by atoms with van der Waals surface area (Å²) in [5.41, 5.74) is 2.32. The van der Waals surface area contributed by atoms with Gasteiger partial charge in [-0.05, 0) is 73.9 Å². The molecule has 0 radical (unpaired) electrons. The lowest BCUT2D eigenvalue weighted by Gasteiger charge is -2.12. The van der Waals surface area contributed by atoms with Gasteiger partial charge in [0.25, 0.3) is 0 Å². The molecule has 12 heteroatoms. The summed E-state index contributed by atoms with van der Waals surface area (Å²) in [6, 6.07) is 31.1. The SMILES string of the molecule is CCO/C=C/C(=O)OCC.CCOC(=O)C1=CC(S(=O)(=O)c2ccccc2)c2ccccc21.O=S(=O)(Cc1ccccc1Br)c1ccccc1. The van der Waals surface area contributed by atoms with Crippen molar-refractivity contribution in [2.45, 2.75) is 41.6 Å². The highest BCUT2D eigenvalue weighted by Crippen LogP contribution is 2.42. The molecular weight excluding hydrogens is 744 g/mol. The molecule has 1 atom stereocenters. The van der Waals surface area contributed by atoms with Crippen LogP contribution in [-0.2, 0) is 49.2 Å². The van der Waals surface area contributed by atoms with Crippen LogP contribution in [0.5, 0.6) is 0 Å². The van der Waals surface area contributed by atoms with Crippen LogP contribution < -0.4 is 0 Å². The highest BCUT2D eigenvalue weighted by atomic mass is 79.9. The van der Waals surface area contributed by atoms with E-state index in [0.717, 1.165) is 10.0 Å². The van der Waals surface area contributed by atoms with Crippen LogP contribution in [0.2, 0.25) is 0 Å². The predicted molar refractivity (Wildman–Crippen MR) is 196 cm³/mol. The number of hydrogen-bond donors (Lipinski definition) is 0. The van der Waals surface area contributed by atoms with E-state index in [1.807, 2.05) is 31.2 Å². The Morgan fingerprint density at radius 2 is 1.26 bits per heavy atom. The van der Waals surface area contributed by atoms with Gasteiger partial charge in [0.15, 0.2) is 19.7 Å². The Labute approximate surface area is 302 Å². The van der Waals surface area contributed by atoms with E-state index in [0.29, 0.717) is 34.8 Å². The highest BCUT2D eigenvalue weighted by Gasteiger charge is 2.36. The Kier molecular flexibility index (Phi) is 15.7. The zero-order chi connectivity index (χ0) is 36.6. The lowest BCUT2D eigenvalue weighted by Crippen LogP contribution is -2.10. The van der Waals surface area contributed by atoms with Gasteiger partial charge in [0.05, 0.1) is 53.3 Å². The molecule has 0 bridgehead atoms. The molecule has 4 aromatic rings. The Hall–Kier alpha value is -4.52. The van der Waals surface area contributed by atoms with Crippen LogP contribution in [0, 0.1) is 0 Å². The first-order valence-electron chi connectivity index (χ1n) is 15.7. The van der Waals surface area contributed by atoms with Crippen LogP contribution >= 0.6 is 15.9 Å². The minimum Gasteiger partial charge on any atom is -0.501 e. The van der Waals surface area contributed by atoms with Gasteiger partial charge in [-0.15, -0.1) is 0 Å². The molecule has 1 aliphatic rings. The zero-order valence-electron chi connectivity index (χ0n) is 27.9. The fraction of sp³-hybridized carbons (Fsp3) is 0.211. The molecule has 0 aromatic heterocycles. The lowest BCUT2D eigenvalue weighted by molar-refractivity contribution is -0.137. The molecule has 1 unspecified atom stereocenters. The average Bonchev–Trinajstić information content (AvgIpc) is 3.52. The van der Waals surface area contributed by atoms with Crippen LogP contribution in [0.4, 0.5) is 0 Å².